The van der Waals surface area contributed by atoms with Crippen LogP contribution in [0.2, 0.25) is 0 Å². The minimum Gasteiger partial charge on any atom is -0.497 e. The molecule has 2 aliphatic rings. The number of ether oxygens (including phenoxy) is 1. The Balaban J connectivity index is 1.77. The Labute approximate surface area is 131 Å². The number of methoxy groups -OCH3 is 1. The van der Waals surface area contributed by atoms with Gasteiger partial charge in [0.1, 0.15) is 5.75 Å². The van der Waals surface area contributed by atoms with Gasteiger partial charge in [0, 0.05) is 30.4 Å². The Morgan fingerprint density at radius 1 is 1.23 bits per heavy atom. The highest BCUT2D eigenvalue weighted by Gasteiger charge is 2.31. The van der Waals surface area contributed by atoms with Crippen LogP contribution in [0.25, 0.3) is 11.1 Å². The van der Waals surface area contributed by atoms with E-state index in [1.165, 1.54) is 29.7 Å². The van der Waals surface area contributed by atoms with Gasteiger partial charge in [0.15, 0.2) is 0 Å². The van der Waals surface area contributed by atoms with E-state index in [4.69, 9.17) is 4.74 Å². The van der Waals surface area contributed by atoms with E-state index in [1.807, 2.05) is 12.1 Å². The van der Waals surface area contributed by atoms with Crippen molar-refractivity contribution in [1.29, 1.82) is 0 Å². The van der Waals surface area contributed by atoms with Crippen LogP contribution in [0.1, 0.15) is 12.0 Å². The van der Waals surface area contributed by atoms with Crippen LogP contribution in [0.3, 0.4) is 0 Å². The van der Waals surface area contributed by atoms with Gasteiger partial charge >= 0.3 is 0 Å². The Morgan fingerprint density at radius 2 is 2.18 bits per heavy atom. The maximum absolute atomic E-state index is 5.25. The zero-order chi connectivity index (χ0) is 14.9. The minimum absolute atomic E-state index is 0.643. The quantitative estimate of drug-likeness (QED) is 0.921. The number of hydrogen-bond donors (Lipinski definition) is 1. The summed E-state index contributed by atoms with van der Waals surface area (Å²) < 4.78 is 5.25. The van der Waals surface area contributed by atoms with Crippen molar-refractivity contribution in [3.05, 3.63) is 48.0 Å². The second-order valence-electron chi connectivity index (χ2n) is 6.05. The first-order valence-corrected chi connectivity index (χ1v) is 8.02. The van der Waals surface area contributed by atoms with Crippen molar-refractivity contribution in [2.75, 3.05) is 31.6 Å². The van der Waals surface area contributed by atoms with E-state index in [-0.39, 0.29) is 0 Å². The molecule has 2 aromatic carbocycles. The minimum atomic E-state index is 0.643. The first-order chi connectivity index (χ1) is 10.9. The molecule has 1 N–H and O–H groups in total. The summed E-state index contributed by atoms with van der Waals surface area (Å²) in [7, 11) is 1.69. The Kier molecular flexibility index (Phi) is 3.51. The number of rotatable bonds is 2. The molecule has 3 heteroatoms. The molecule has 2 heterocycles. The van der Waals surface area contributed by atoms with Gasteiger partial charge in [-0.05, 0) is 54.8 Å². The summed E-state index contributed by atoms with van der Waals surface area (Å²) in [6.45, 7) is 3.28. The van der Waals surface area contributed by atoms with Crippen molar-refractivity contribution in [3.8, 4) is 16.9 Å². The molecule has 3 nitrogen and oxygen atoms in total. The first kappa shape index (κ1) is 13.6. The van der Waals surface area contributed by atoms with E-state index in [9.17, 15) is 0 Å². The molecule has 2 aromatic rings. The number of fused-ring (bicyclic) bond motifs is 3. The smallest absolute Gasteiger partial charge is 0.119 e. The second kappa shape index (κ2) is 5.65. The molecule has 1 fully saturated rings. The van der Waals surface area contributed by atoms with Crippen molar-refractivity contribution in [3.63, 3.8) is 0 Å². The van der Waals surface area contributed by atoms with Crippen LogP contribution in [0.4, 0.5) is 5.69 Å². The van der Waals surface area contributed by atoms with Crippen LogP contribution in [-0.4, -0.2) is 32.8 Å². The van der Waals surface area contributed by atoms with Gasteiger partial charge in [0.2, 0.25) is 0 Å². The third-order valence-electron chi connectivity index (χ3n) is 4.80. The largest absolute Gasteiger partial charge is 0.497 e. The van der Waals surface area contributed by atoms with Gasteiger partial charge in [-0.25, -0.2) is 0 Å². The van der Waals surface area contributed by atoms with Gasteiger partial charge in [-0.2, -0.15) is 0 Å². The number of nitrogens with zero attached hydrogens (tertiary/aromatic N) is 1. The highest BCUT2D eigenvalue weighted by molar-refractivity contribution is 5.83. The summed E-state index contributed by atoms with van der Waals surface area (Å²) >= 11 is 0. The lowest BCUT2D eigenvalue weighted by Gasteiger charge is -2.26. The molecule has 0 amide bonds. The molecule has 1 radical (unpaired) electrons. The fraction of sp³-hybridized carbons (Fsp3) is 0.368. The van der Waals surface area contributed by atoms with E-state index < -0.39 is 0 Å². The summed E-state index contributed by atoms with van der Waals surface area (Å²) in [5.74, 6) is 0.855. The fourth-order valence-electron chi connectivity index (χ4n) is 3.71. The average molecular weight is 293 g/mol. The third-order valence-corrected chi connectivity index (χ3v) is 4.80. The van der Waals surface area contributed by atoms with Crippen LogP contribution < -0.4 is 15.0 Å². The monoisotopic (exact) mass is 293 g/mol. The van der Waals surface area contributed by atoms with Gasteiger partial charge < -0.3 is 15.0 Å². The normalized spacial score (nSPS) is 20.2. The fourth-order valence-corrected chi connectivity index (χ4v) is 3.71. The van der Waals surface area contributed by atoms with Crippen LogP contribution in [0.5, 0.6) is 5.75 Å². The SMILES string of the molecule is COc1c[c]c(-c2cccc3c2N2CCNCCC2C3)cc1. The summed E-state index contributed by atoms with van der Waals surface area (Å²) in [6, 6.07) is 16.7. The number of para-hydroxylation sites is 1. The maximum atomic E-state index is 5.25. The average Bonchev–Trinajstić information content (AvgIpc) is 2.76. The summed E-state index contributed by atoms with van der Waals surface area (Å²) in [5.41, 5.74) is 5.34. The van der Waals surface area contributed by atoms with Crippen LogP contribution in [-0.2, 0) is 6.42 Å². The first-order valence-electron chi connectivity index (χ1n) is 8.02. The van der Waals surface area contributed by atoms with Gasteiger partial charge in [-0.3, -0.25) is 0 Å². The molecule has 1 unspecified atom stereocenters. The van der Waals surface area contributed by atoms with Gasteiger partial charge in [-0.1, -0.05) is 18.2 Å². The zero-order valence-electron chi connectivity index (χ0n) is 12.9. The predicted octanol–water partition coefficient (Wildman–Crippen LogP) is 2.89. The van der Waals surface area contributed by atoms with Crippen molar-refractivity contribution >= 4 is 5.69 Å². The molecule has 0 aromatic heterocycles. The Bertz CT molecular complexity index is 666. The van der Waals surface area contributed by atoms with Crippen molar-refractivity contribution in [1.82, 2.24) is 5.32 Å². The third kappa shape index (κ3) is 2.26. The molecule has 1 saturated heterocycles. The molecule has 113 valence electrons. The lowest BCUT2D eigenvalue weighted by Crippen LogP contribution is -2.33. The Hall–Kier alpha value is -2.00. The number of nitrogens with one attached hydrogen (secondary N) is 1. The summed E-state index contributed by atoms with van der Waals surface area (Å²) in [5, 5.41) is 3.51. The highest BCUT2D eigenvalue weighted by atomic mass is 16.5. The molecule has 0 aliphatic carbocycles. The van der Waals surface area contributed by atoms with Crippen molar-refractivity contribution in [2.45, 2.75) is 18.9 Å². The van der Waals surface area contributed by atoms with Crippen molar-refractivity contribution in [2.24, 2.45) is 0 Å². The van der Waals surface area contributed by atoms with Crippen LogP contribution in [0, 0.1) is 6.07 Å². The summed E-state index contributed by atoms with van der Waals surface area (Å²) in [4.78, 5) is 2.60. The molecule has 0 spiro atoms. The van der Waals surface area contributed by atoms with E-state index in [2.05, 4.69) is 40.5 Å². The van der Waals surface area contributed by atoms with E-state index in [1.54, 1.807) is 7.11 Å². The lowest BCUT2D eigenvalue weighted by molar-refractivity contribution is 0.415. The van der Waals surface area contributed by atoms with E-state index in [0.717, 1.165) is 30.9 Å². The highest BCUT2D eigenvalue weighted by Crippen LogP contribution is 2.41. The lowest BCUT2D eigenvalue weighted by atomic mass is 9.99. The zero-order valence-corrected chi connectivity index (χ0v) is 12.9. The molecule has 1 atom stereocenters. The summed E-state index contributed by atoms with van der Waals surface area (Å²) in [6.07, 6.45) is 2.39. The maximum Gasteiger partial charge on any atom is 0.119 e. The molecule has 0 saturated carbocycles. The Morgan fingerprint density at radius 3 is 3.00 bits per heavy atom. The van der Waals surface area contributed by atoms with Crippen LogP contribution >= 0.6 is 0 Å². The van der Waals surface area contributed by atoms with Gasteiger partial charge in [-0.15, -0.1) is 0 Å². The molecule has 4 rings (SSSR count). The van der Waals surface area contributed by atoms with Crippen molar-refractivity contribution < 1.29 is 4.74 Å². The standard InChI is InChI=1S/C19H21N2O/c1-22-17-7-5-14(6-8-17)18-4-2-3-15-13-16-9-10-20-11-12-21(16)19(15)18/h2-5,7-8,16,20H,9-13H2,1H3. The molecular weight excluding hydrogens is 272 g/mol. The molecule has 22 heavy (non-hydrogen) atoms. The number of anilines is 1. The number of benzene rings is 2. The van der Waals surface area contributed by atoms with E-state index in [0.29, 0.717) is 6.04 Å². The topological polar surface area (TPSA) is 24.5 Å². The predicted molar refractivity (Wildman–Crippen MR) is 89.6 cm³/mol. The molecular formula is C19H21N2O. The van der Waals surface area contributed by atoms with Gasteiger partial charge in [0.05, 0.1) is 7.11 Å². The molecule has 2 aliphatic heterocycles. The van der Waals surface area contributed by atoms with Gasteiger partial charge in [0.25, 0.3) is 0 Å². The van der Waals surface area contributed by atoms with E-state index >= 15 is 0 Å². The number of hydrogen-bond acceptors (Lipinski definition) is 3. The molecule has 0 bridgehead atoms. The second-order valence-corrected chi connectivity index (χ2v) is 6.05. The van der Waals surface area contributed by atoms with Crippen LogP contribution in [0.15, 0.2) is 36.4 Å².